The van der Waals surface area contributed by atoms with E-state index in [1.807, 2.05) is 11.0 Å². The van der Waals surface area contributed by atoms with E-state index in [1.54, 1.807) is 18.4 Å². The number of ether oxygens (including phenoxy) is 1. The van der Waals surface area contributed by atoms with Crippen molar-refractivity contribution in [2.45, 2.75) is 31.2 Å². The van der Waals surface area contributed by atoms with Gasteiger partial charge in [-0.1, -0.05) is 18.2 Å². The van der Waals surface area contributed by atoms with Crippen LogP contribution in [0.25, 0.3) is 0 Å². The second kappa shape index (κ2) is 7.31. The molecule has 1 atom stereocenters. The van der Waals surface area contributed by atoms with Gasteiger partial charge in [-0.2, -0.15) is 0 Å². The minimum absolute atomic E-state index is 0.00167. The topological polar surface area (TPSA) is 54.7 Å². The molecule has 1 aromatic heterocycles. The van der Waals surface area contributed by atoms with Crippen molar-refractivity contribution in [2.24, 2.45) is 0 Å². The van der Waals surface area contributed by atoms with Crippen molar-refractivity contribution in [1.29, 1.82) is 0 Å². The van der Waals surface area contributed by atoms with Crippen molar-refractivity contribution >= 4 is 5.91 Å². The van der Waals surface area contributed by atoms with Crippen LogP contribution in [0.2, 0.25) is 0 Å². The number of nitrogens with one attached hydrogen (secondary N) is 1. The number of furan rings is 1. The maximum Gasteiger partial charge on any atom is 0.289 e. The molecule has 1 N–H and O–H groups in total. The highest BCUT2D eigenvalue weighted by Crippen LogP contribution is 2.33. The number of amides is 1. The van der Waals surface area contributed by atoms with Crippen molar-refractivity contribution in [3.05, 3.63) is 54.0 Å². The van der Waals surface area contributed by atoms with Gasteiger partial charge in [-0.05, 0) is 43.0 Å². The number of carbonyl (C=O) groups is 1. The maximum atomic E-state index is 12.3. The molecule has 1 saturated heterocycles. The molecule has 5 heteroatoms. The Hall–Kier alpha value is -2.27. The summed E-state index contributed by atoms with van der Waals surface area (Å²) in [6, 6.07) is 12.3. The molecule has 2 aromatic rings. The normalized spacial score (nSPS) is 20.8. The van der Waals surface area contributed by atoms with E-state index in [-0.39, 0.29) is 5.91 Å². The molecule has 0 saturated carbocycles. The fourth-order valence-corrected chi connectivity index (χ4v) is 3.78. The van der Waals surface area contributed by atoms with Crippen LogP contribution in [0, 0.1) is 0 Å². The Bertz CT molecular complexity index is 705. The Kier molecular flexibility index (Phi) is 4.74. The molecule has 1 amide bonds. The lowest BCUT2D eigenvalue weighted by Crippen LogP contribution is -2.45. The largest absolute Gasteiger partial charge is 0.493 e. The molecular weight excluding hydrogens is 316 g/mol. The lowest BCUT2D eigenvalue weighted by atomic mass is 9.92. The molecule has 1 unspecified atom stereocenters. The standard InChI is InChI=1S/C20H24N2O3/c23-20(19-6-3-12-24-19)22-10-7-16(8-11-22)21-14-15-9-13-25-18-5-2-1-4-17(15)18/h1-6,12,15-16,21H,7-11,13-14H2. The van der Waals surface area contributed by atoms with Gasteiger partial charge in [0, 0.05) is 31.6 Å². The first-order valence-corrected chi connectivity index (χ1v) is 9.09. The van der Waals surface area contributed by atoms with Gasteiger partial charge in [0.25, 0.3) is 5.91 Å². The first-order valence-electron chi connectivity index (χ1n) is 9.09. The Morgan fingerprint density at radius 2 is 1.96 bits per heavy atom. The molecule has 132 valence electrons. The number of carbonyl (C=O) groups excluding carboxylic acids is 1. The molecule has 0 spiro atoms. The number of nitrogens with zero attached hydrogens (tertiary/aromatic N) is 1. The van der Waals surface area contributed by atoms with Crippen LogP contribution in [0.15, 0.2) is 47.1 Å². The van der Waals surface area contributed by atoms with E-state index in [4.69, 9.17) is 9.15 Å². The predicted octanol–water partition coefficient (Wildman–Crippen LogP) is 3.04. The number of likely N-dealkylation sites (tertiary alicyclic amines) is 1. The lowest BCUT2D eigenvalue weighted by molar-refractivity contribution is 0.0672. The third-order valence-corrected chi connectivity index (χ3v) is 5.25. The molecule has 1 fully saturated rings. The molecule has 5 nitrogen and oxygen atoms in total. The van der Waals surface area contributed by atoms with Crippen molar-refractivity contribution in [3.8, 4) is 5.75 Å². The smallest absolute Gasteiger partial charge is 0.289 e. The monoisotopic (exact) mass is 340 g/mol. The fraction of sp³-hybridized carbons (Fsp3) is 0.450. The van der Waals surface area contributed by atoms with E-state index < -0.39 is 0 Å². The fourth-order valence-electron chi connectivity index (χ4n) is 3.78. The second-order valence-electron chi connectivity index (χ2n) is 6.82. The average molecular weight is 340 g/mol. The molecule has 2 aliphatic rings. The molecular formula is C20H24N2O3. The first-order chi connectivity index (χ1) is 12.3. The van der Waals surface area contributed by atoms with E-state index in [9.17, 15) is 4.79 Å². The van der Waals surface area contributed by atoms with Gasteiger partial charge < -0.3 is 19.4 Å². The zero-order chi connectivity index (χ0) is 17.1. The minimum Gasteiger partial charge on any atom is -0.493 e. The van der Waals surface area contributed by atoms with Gasteiger partial charge in [0.1, 0.15) is 5.75 Å². The summed E-state index contributed by atoms with van der Waals surface area (Å²) in [4.78, 5) is 14.2. The van der Waals surface area contributed by atoms with Gasteiger partial charge >= 0.3 is 0 Å². The van der Waals surface area contributed by atoms with Gasteiger partial charge in [0.15, 0.2) is 5.76 Å². The number of hydrogen-bond acceptors (Lipinski definition) is 4. The number of rotatable bonds is 4. The Morgan fingerprint density at radius 1 is 1.12 bits per heavy atom. The summed E-state index contributed by atoms with van der Waals surface area (Å²) in [5, 5.41) is 3.71. The summed E-state index contributed by atoms with van der Waals surface area (Å²) >= 11 is 0. The highest BCUT2D eigenvalue weighted by molar-refractivity contribution is 5.91. The molecule has 1 aromatic carbocycles. The number of benzene rings is 1. The van der Waals surface area contributed by atoms with E-state index in [0.29, 0.717) is 17.7 Å². The summed E-state index contributed by atoms with van der Waals surface area (Å²) in [6.07, 6.45) is 4.57. The van der Waals surface area contributed by atoms with E-state index in [0.717, 1.165) is 51.3 Å². The second-order valence-corrected chi connectivity index (χ2v) is 6.82. The third kappa shape index (κ3) is 3.56. The Morgan fingerprint density at radius 3 is 2.76 bits per heavy atom. The molecule has 0 radical (unpaired) electrons. The lowest BCUT2D eigenvalue weighted by Gasteiger charge is -2.33. The van der Waals surface area contributed by atoms with Crippen LogP contribution >= 0.6 is 0 Å². The van der Waals surface area contributed by atoms with Crippen LogP contribution in [0.1, 0.15) is 41.3 Å². The Balaban J connectivity index is 1.28. The quantitative estimate of drug-likeness (QED) is 0.929. The van der Waals surface area contributed by atoms with Crippen molar-refractivity contribution in [1.82, 2.24) is 10.2 Å². The van der Waals surface area contributed by atoms with Crippen LogP contribution in [0.4, 0.5) is 0 Å². The van der Waals surface area contributed by atoms with Crippen LogP contribution in [-0.4, -0.2) is 43.1 Å². The summed E-state index contributed by atoms with van der Waals surface area (Å²) in [7, 11) is 0. The number of fused-ring (bicyclic) bond motifs is 1. The zero-order valence-electron chi connectivity index (χ0n) is 14.3. The molecule has 25 heavy (non-hydrogen) atoms. The zero-order valence-corrected chi connectivity index (χ0v) is 14.3. The third-order valence-electron chi connectivity index (χ3n) is 5.25. The molecule has 0 aliphatic carbocycles. The first kappa shape index (κ1) is 16.2. The summed E-state index contributed by atoms with van der Waals surface area (Å²) < 4.78 is 11.0. The minimum atomic E-state index is 0.00167. The molecule has 3 heterocycles. The van der Waals surface area contributed by atoms with Gasteiger partial charge in [-0.3, -0.25) is 4.79 Å². The van der Waals surface area contributed by atoms with Crippen molar-refractivity contribution in [3.63, 3.8) is 0 Å². The van der Waals surface area contributed by atoms with Crippen molar-refractivity contribution < 1.29 is 13.9 Å². The van der Waals surface area contributed by atoms with Crippen LogP contribution in [-0.2, 0) is 0 Å². The van der Waals surface area contributed by atoms with Gasteiger partial charge in [0.2, 0.25) is 0 Å². The summed E-state index contributed by atoms with van der Waals surface area (Å²) in [6.45, 7) is 3.32. The van der Waals surface area contributed by atoms with Gasteiger partial charge in [-0.25, -0.2) is 0 Å². The van der Waals surface area contributed by atoms with Gasteiger partial charge in [-0.15, -0.1) is 0 Å². The van der Waals surface area contributed by atoms with Crippen LogP contribution < -0.4 is 10.1 Å². The van der Waals surface area contributed by atoms with E-state index in [1.165, 1.54) is 5.56 Å². The maximum absolute atomic E-state index is 12.3. The van der Waals surface area contributed by atoms with E-state index >= 15 is 0 Å². The average Bonchev–Trinajstić information content (AvgIpc) is 3.21. The highest BCUT2D eigenvalue weighted by atomic mass is 16.5. The number of para-hydroxylation sites is 1. The van der Waals surface area contributed by atoms with Crippen LogP contribution in [0.3, 0.4) is 0 Å². The summed E-state index contributed by atoms with van der Waals surface area (Å²) in [5.74, 6) is 1.97. The molecule has 4 rings (SSSR count). The van der Waals surface area contributed by atoms with E-state index in [2.05, 4.69) is 23.5 Å². The summed E-state index contributed by atoms with van der Waals surface area (Å²) in [5.41, 5.74) is 1.31. The van der Waals surface area contributed by atoms with Crippen LogP contribution in [0.5, 0.6) is 5.75 Å². The van der Waals surface area contributed by atoms with Crippen molar-refractivity contribution in [2.75, 3.05) is 26.2 Å². The molecule has 2 aliphatic heterocycles. The highest BCUT2D eigenvalue weighted by Gasteiger charge is 2.26. The number of piperidine rings is 1. The SMILES string of the molecule is O=C(c1ccco1)N1CCC(NCC2CCOc3ccccc32)CC1. The van der Waals surface area contributed by atoms with Gasteiger partial charge in [0.05, 0.1) is 12.9 Å². The molecule has 0 bridgehead atoms. The number of hydrogen-bond donors (Lipinski definition) is 1. The Labute approximate surface area is 148 Å². The predicted molar refractivity (Wildman–Crippen MR) is 94.9 cm³/mol.